The molecule has 0 fully saturated rings. The van der Waals surface area contributed by atoms with Crippen LogP contribution in [-0.2, 0) is 0 Å². The van der Waals surface area contributed by atoms with Gasteiger partial charge in [-0.05, 0) is 28.0 Å². The summed E-state index contributed by atoms with van der Waals surface area (Å²) in [6, 6.07) is -0.195. The first-order valence-corrected chi connectivity index (χ1v) is 3.15. The summed E-state index contributed by atoms with van der Waals surface area (Å²) in [6.45, 7) is 0. The summed E-state index contributed by atoms with van der Waals surface area (Å²) in [6.07, 6.45) is 0. The number of nitrogens with zero attached hydrogens (tertiary/aromatic N) is 1. The standard InChI is InChI=1S/C6H7BrN2/c1-8-6-4-2-3-5(7)9-6/h2-4H,1H3,(H,8,9)/i2D,3D,4D. The Hall–Kier alpha value is -0.570. The number of rotatable bonds is 0. The van der Waals surface area contributed by atoms with Crippen molar-refractivity contribution in [1.29, 1.82) is 0 Å². The van der Waals surface area contributed by atoms with Crippen molar-refractivity contribution in [2.45, 2.75) is 0 Å². The second-order valence-electron chi connectivity index (χ2n) is 1.39. The maximum atomic E-state index is 7.38. The molecule has 0 radical (unpaired) electrons. The van der Waals surface area contributed by atoms with Gasteiger partial charge in [0.05, 0.1) is 8.72 Å². The summed E-state index contributed by atoms with van der Waals surface area (Å²) in [7, 11) is 1.53. The highest BCUT2D eigenvalue weighted by atomic mass is 79.9. The number of aromatic amines is 1. The number of nitrogens with one attached hydrogen (secondary N) is 1. The molecular weight excluding hydrogens is 180 g/mol. The van der Waals surface area contributed by atoms with E-state index < -0.39 is 0 Å². The van der Waals surface area contributed by atoms with Gasteiger partial charge in [0.25, 0.3) is 0 Å². The van der Waals surface area contributed by atoms with Crippen molar-refractivity contribution in [2.75, 3.05) is 7.05 Å². The molecule has 1 aromatic heterocycles. The quantitative estimate of drug-likeness (QED) is 0.597. The minimum atomic E-state index is -0.124. The van der Waals surface area contributed by atoms with Crippen LogP contribution in [0.1, 0.15) is 4.11 Å². The first-order valence-electron chi connectivity index (χ1n) is 3.86. The van der Waals surface area contributed by atoms with Gasteiger partial charge in [-0.1, -0.05) is 6.04 Å². The topological polar surface area (TPSA) is 28.1 Å². The zero-order valence-electron chi connectivity index (χ0n) is 7.83. The van der Waals surface area contributed by atoms with E-state index in [9.17, 15) is 0 Å². The van der Waals surface area contributed by atoms with Crippen LogP contribution in [0.15, 0.2) is 27.7 Å². The van der Waals surface area contributed by atoms with Crippen LogP contribution in [0.4, 0.5) is 0 Å². The summed E-state index contributed by atoms with van der Waals surface area (Å²) in [4.78, 5) is 6.45. The molecule has 3 heteroatoms. The average molecular weight is 190 g/mol. The lowest BCUT2D eigenvalue weighted by atomic mass is 10.5. The van der Waals surface area contributed by atoms with E-state index in [2.05, 4.69) is 25.9 Å². The van der Waals surface area contributed by atoms with Crippen LogP contribution in [0, 0.1) is 0 Å². The van der Waals surface area contributed by atoms with Crippen LogP contribution in [0.2, 0.25) is 0 Å². The SMILES string of the molecule is [2H]c1c(Br)[nH]c(=NC)c([2H])c1[2H]. The number of halogens is 1. The average Bonchev–Trinajstić information content (AvgIpc) is 2.08. The van der Waals surface area contributed by atoms with Gasteiger partial charge < -0.3 is 4.98 Å². The number of pyridine rings is 1. The van der Waals surface area contributed by atoms with Gasteiger partial charge in [0, 0.05) is 7.05 Å². The summed E-state index contributed by atoms with van der Waals surface area (Å²) in [5, 5.41) is 0. The van der Waals surface area contributed by atoms with Crippen molar-refractivity contribution in [1.82, 2.24) is 4.98 Å². The smallest absolute Gasteiger partial charge is 0.125 e. The van der Waals surface area contributed by atoms with Gasteiger partial charge in [0.2, 0.25) is 0 Å². The van der Waals surface area contributed by atoms with Crippen LogP contribution in [0.5, 0.6) is 0 Å². The van der Waals surface area contributed by atoms with E-state index in [1.165, 1.54) is 7.05 Å². The number of H-pyrrole nitrogens is 1. The fraction of sp³-hybridized carbons (Fsp3) is 0.167. The molecule has 1 rings (SSSR count). The summed E-state index contributed by atoms with van der Waals surface area (Å²) in [5.74, 6) is 0. The molecule has 0 aliphatic rings. The first-order chi connectivity index (χ1) is 5.57. The minimum Gasteiger partial charge on any atom is -0.335 e. The Kier molecular flexibility index (Phi) is 1.12. The Morgan fingerprint density at radius 2 is 2.56 bits per heavy atom. The van der Waals surface area contributed by atoms with Crippen LogP contribution in [0.25, 0.3) is 0 Å². The van der Waals surface area contributed by atoms with Crippen molar-refractivity contribution >= 4 is 15.9 Å². The molecule has 0 amide bonds. The van der Waals surface area contributed by atoms with E-state index in [4.69, 9.17) is 4.11 Å². The van der Waals surface area contributed by atoms with Gasteiger partial charge in [0.1, 0.15) is 5.49 Å². The Bertz CT molecular complexity index is 372. The zero-order chi connectivity index (χ0) is 9.30. The molecule has 0 unspecified atom stereocenters. The van der Waals surface area contributed by atoms with E-state index in [-0.39, 0.29) is 18.1 Å². The Balaban J connectivity index is 3.62. The highest BCUT2D eigenvalue weighted by molar-refractivity contribution is 9.10. The molecule has 2 nitrogen and oxygen atoms in total. The molecule has 1 heterocycles. The van der Waals surface area contributed by atoms with E-state index in [0.29, 0.717) is 10.1 Å². The van der Waals surface area contributed by atoms with Crippen LogP contribution in [0.3, 0.4) is 0 Å². The van der Waals surface area contributed by atoms with Crippen molar-refractivity contribution in [3.05, 3.63) is 28.2 Å². The lowest BCUT2D eigenvalue weighted by Gasteiger charge is -1.87. The number of aromatic nitrogens is 1. The van der Waals surface area contributed by atoms with Crippen LogP contribution in [-0.4, -0.2) is 12.0 Å². The van der Waals surface area contributed by atoms with Gasteiger partial charge in [-0.15, -0.1) is 0 Å². The van der Waals surface area contributed by atoms with Crippen molar-refractivity contribution in [3.63, 3.8) is 0 Å². The minimum absolute atomic E-state index is 0.0209. The molecule has 0 spiro atoms. The van der Waals surface area contributed by atoms with Crippen molar-refractivity contribution in [3.8, 4) is 0 Å². The maximum absolute atomic E-state index is 7.38. The molecule has 0 saturated heterocycles. The third-order valence-electron chi connectivity index (χ3n) is 0.805. The third-order valence-corrected chi connectivity index (χ3v) is 1.20. The van der Waals surface area contributed by atoms with E-state index in [1.807, 2.05) is 0 Å². The molecule has 1 N–H and O–H groups in total. The molecular formula is C6H7BrN2. The monoisotopic (exact) mass is 189 g/mol. The van der Waals surface area contributed by atoms with Crippen LogP contribution < -0.4 is 5.49 Å². The molecule has 0 atom stereocenters. The summed E-state index contributed by atoms with van der Waals surface area (Å²) in [5.41, 5.74) is 0.308. The maximum Gasteiger partial charge on any atom is 0.125 e. The molecule has 0 aromatic carbocycles. The Morgan fingerprint density at radius 1 is 1.78 bits per heavy atom. The highest BCUT2D eigenvalue weighted by Gasteiger charge is 1.80. The summed E-state index contributed by atoms with van der Waals surface area (Å²) < 4.78 is 22.4. The second kappa shape index (κ2) is 2.82. The third kappa shape index (κ3) is 1.68. The predicted octanol–water partition coefficient (Wildman–Crippen LogP) is 1.31. The van der Waals surface area contributed by atoms with Crippen molar-refractivity contribution < 1.29 is 4.11 Å². The molecule has 0 aliphatic heterocycles. The predicted molar refractivity (Wildman–Crippen MR) is 40.0 cm³/mol. The van der Waals surface area contributed by atoms with Gasteiger partial charge in [-0.2, -0.15) is 0 Å². The van der Waals surface area contributed by atoms with E-state index in [0.717, 1.165) is 0 Å². The van der Waals surface area contributed by atoms with Gasteiger partial charge in [0.15, 0.2) is 0 Å². The number of hydrogen-bond donors (Lipinski definition) is 1. The molecule has 0 bridgehead atoms. The number of hydrogen-bond acceptors (Lipinski definition) is 1. The molecule has 0 saturated carbocycles. The Morgan fingerprint density at radius 3 is 3.22 bits per heavy atom. The van der Waals surface area contributed by atoms with Crippen molar-refractivity contribution in [2.24, 2.45) is 4.99 Å². The van der Waals surface area contributed by atoms with E-state index >= 15 is 0 Å². The lowest BCUT2D eigenvalue weighted by molar-refractivity contribution is 1.09. The van der Waals surface area contributed by atoms with Gasteiger partial charge in [-0.25, -0.2) is 0 Å². The first kappa shape index (κ1) is 3.56. The molecule has 9 heavy (non-hydrogen) atoms. The second-order valence-corrected chi connectivity index (χ2v) is 2.18. The Labute approximate surface area is 66.0 Å². The fourth-order valence-corrected chi connectivity index (χ4v) is 0.710. The highest BCUT2D eigenvalue weighted by Crippen LogP contribution is 1.98. The zero-order valence-corrected chi connectivity index (χ0v) is 6.41. The fourth-order valence-electron chi connectivity index (χ4n) is 0.424. The molecule has 48 valence electrons. The van der Waals surface area contributed by atoms with E-state index in [1.54, 1.807) is 0 Å². The summed E-state index contributed by atoms with van der Waals surface area (Å²) >= 11 is 3.07. The van der Waals surface area contributed by atoms with Gasteiger partial charge in [-0.3, -0.25) is 4.99 Å². The normalized spacial score (nSPS) is 16.7. The molecule has 0 aliphatic carbocycles. The molecule has 1 aromatic rings. The van der Waals surface area contributed by atoms with Gasteiger partial charge >= 0.3 is 0 Å². The largest absolute Gasteiger partial charge is 0.335 e. The lowest BCUT2D eigenvalue weighted by Crippen LogP contribution is -2.04. The van der Waals surface area contributed by atoms with Crippen LogP contribution >= 0.6 is 15.9 Å².